The third kappa shape index (κ3) is 4.04. The molecule has 0 unspecified atom stereocenters. The molecule has 0 amide bonds. The number of H-pyrrole nitrogens is 1. The van der Waals surface area contributed by atoms with Crippen molar-refractivity contribution in [1.29, 1.82) is 0 Å². The van der Waals surface area contributed by atoms with E-state index in [1.54, 1.807) is 0 Å². The lowest BCUT2D eigenvalue weighted by Crippen LogP contribution is -2.13. The predicted molar refractivity (Wildman–Crippen MR) is 102 cm³/mol. The van der Waals surface area contributed by atoms with Gasteiger partial charge in [0.05, 0.1) is 5.69 Å². The number of pyridine rings is 1. The zero-order chi connectivity index (χ0) is 20.0. The summed E-state index contributed by atoms with van der Waals surface area (Å²) in [6, 6.07) is 7.25. The van der Waals surface area contributed by atoms with Gasteiger partial charge in [-0.25, -0.2) is 18.7 Å². The smallest absolute Gasteiger partial charge is 0.199 e. The van der Waals surface area contributed by atoms with Gasteiger partial charge in [-0.3, -0.25) is 5.10 Å². The van der Waals surface area contributed by atoms with Crippen LogP contribution in [-0.2, 0) is 10.8 Å². The average Bonchev–Trinajstić information content (AvgIpc) is 3.04. The van der Waals surface area contributed by atoms with Crippen LogP contribution in [0.1, 0.15) is 52.9 Å². The Morgan fingerprint density at radius 3 is 2.04 bits per heavy atom. The molecule has 0 aliphatic carbocycles. The molecule has 3 rings (SSSR count). The van der Waals surface area contributed by atoms with E-state index in [0.717, 1.165) is 17.5 Å². The van der Waals surface area contributed by atoms with Crippen molar-refractivity contribution in [2.75, 3.05) is 0 Å². The van der Waals surface area contributed by atoms with Gasteiger partial charge in [0.15, 0.2) is 5.82 Å². The van der Waals surface area contributed by atoms with Crippen LogP contribution in [0.2, 0.25) is 0 Å². The van der Waals surface area contributed by atoms with Gasteiger partial charge in [-0.2, -0.15) is 5.10 Å². The minimum Gasteiger partial charge on any atom is -0.262 e. The van der Waals surface area contributed by atoms with Crippen LogP contribution in [0.3, 0.4) is 0 Å². The fraction of sp³-hybridized carbons (Fsp3) is 0.381. The van der Waals surface area contributed by atoms with Crippen molar-refractivity contribution in [3.63, 3.8) is 0 Å². The quantitative estimate of drug-likeness (QED) is 0.656. The molecule has 142 valence electrons. The van der Waals surface area contributed by atoms with Gasteiger partial charge in [-0.15, -0.1) is 0 Å². The Labute approximate surface area is 158 Å². The molecule has 0 atom stereocenters. The third-order valence-corrected chi connectivity index (χ3v) is 4.32. The van der Waals surface area contributed by atoms with Gasteiger partial charge in [-0.1, -0.05) is 41.5 Å². The van der Waals surface area contributed by atoms with E-state index in [1.807, 2.05) is 32.9 Å². The van der Waals surface area contributed by atoms with Crippen molar-refractivity contribution in [2.24, 2.45) is 0 Å². The first-order valence-corrected chi connectivity index (χ1v) is 8.86. The minimum atomic E-state index is -0.648. The number of hydrogen-bond acceptors (Lipinski definition) is 3. The molecule has 1 N–H and O–H groups in total. The maximum Gasteiger partial charge on any atom is 0.199 e. The number of nitrogens with zero attached hydrogens (tertiary/aromatic N) is 3. The van der Waals surface area contributed by atoms with Crippen molar-refractivity contribution in [3.05, 3.63) is 53.4 Å². The van der Waals surface area contributed by atoms with Crippen molar-refractivity contribution < 1.29 is 8.78 Å². The summed E-state index contributed by atoms with van der Waals surface area (Å²) in [5, 5.41) is 7.25. The molecule has 0 saturated heterocycles. The summed E-state index contributed by atoms with van der Waals surface area (Å²) in [7, 11) is 0. The SMILES string of the molecule is CC(C)(C)c1cc(-c2n[nH]c(C(C)(C)C)n2)nc(-c2ccc(F)cc2F)c1. The molecule has 1 aromatic carbocycles. The zero-order valence-corrected chi connectivity index (χ0v) is 16.5. The third-order valence-electron chi connectivity index (χ3n) is 4.32. The molecule has 27 heavy (non-hydrogen) atoms. The maximum absolute atomic E-state index is 14.3. The Morgan fingerprint density at radius 2 is 1.48 bits per heavy atom. The molecule has 3 aromatic rings. The van der Waals surface area contributed by atoms with Gasteiger partial charge in [0.25, 0.3) is 0 Å². The molecule has 2 heterocycles. The van der Waals surface area contributed by atoms with Gasteiger partial charge in [0.1, 0.15) is 23.2 Å². The molecular formula is C21H24F2N4. The number of rotatable bonds is 2. The van der Waals surface area contributed by atoms with Crippen LogP contribution in [0, 0.1) is 11.6 Å². The molecule has 4 nitrogen and oxygen atoms in total. The average molecular weight is 370 g/mol. The minimum absolute atomic E-state index is 0.182. The van der Waals surface area contributed by atoms with Crippen molar-refractivity contribution >= 4 is 0 Å². The maximum atomic E-state index is 14.3. The summed E-state index contributed by atoms with van der Waals surface area (Å²) in [6.45, 7) is 12.3. The van der Waals surface area contributed by atoms with Gasteiger partial charge >= 0.3 is 0 Å². The van der Waals surface area contributed by atoms with Gasteiger partial charge in [-0.05, 0) is 35.2 Å². The van der Waals surface area contributed by atoms with E-state index >= 15 is 0 Å². The van der Waals surface area contributed by atoms with Gasteiger partial charge < -0.3 is 0 Å². The molecule has 0 saturated carbocycles. The van der Waals surface area contributed by atoms with Crippen LogP contribution >= 0.6 is 0 Å². The highest BCUT2D eigenvalue weighted by molar-refractivity contribution is 5.65. The highest BCUT2D eigenvalue weighted by Crippen LogP contribution is 2.31. The zero-order valence-electron chi connectivity index (χ0n) is 16.5. The number of benzene rings is 1. The summed E-state index contributed by atoms with van der Waals surface area (Å²) in [6.07, 6.45) is 0. The van der Waals surface area contributed by atoms with Crippen LogP contribution < -0.4 is 0 Å². The Morgan fingerprint density at radius 1 is 0.815 bits per heavy atom. The summed E-state index contributed by atoms with van der Waals surface area (Å²) in [5.74, 6) is -0.0677. The van der Waals surface area contributed by atoms with E-state index in [2.05, 4.69) is 40.9 Å². The van der Waals surface area contributed by atoms with Crippen molar-refractivity contribution in [3.8, 4) is 22.8 Å². The molecule has 0 aliphatic heterocycles. The Hall–Kier alpha value is -2.63. The van der Waals surface area contributed by atoms with Crippen LogP contribution in [0.5, 0.6) is 0 Å². The lowest BCUT2D eigenvalue weighted by atomic mass is 9.86. The molecule has 6 heteroatoms. The van der Waals surface area contributed by atoms with E-state index in [-0.39, 0.29) is 16.4 Å². The van der Waals surface area contributed by atoms with Gasteiger partial charge in [0, 0.05) is 17.0 Å². The second-order valence-corrected chi connectivity index (χ2v) is 8.76. The summed E-state index contributed by atoms with van der Waals surface area (Å²) >= 11 is 0. The highest BCUT2D eigenvalue weighted by atomic mass is 19.1. The van der Waals surface area contributed by atoms with Crippen LogP contribution in [0.15, 0.2) is 30.3 Å². The molecule has 2 aromatic heterocycles. The molecule has 0 bridgehead atoms. The molecule has 0 aliphatic rings. The Bertz CT molecular complexity index is 979. The van der Waals surface area contributed by atoms with Crippen LogP contribution in [0.4, 0.5) is 8.78 Å². The second kappa shape index (κ2) is 6.51. The van der Waals surface area contributed by atoms with E-state index in [4.69, 9.17) is 0 Å². The number of hydrogen-bond donors (Lipinski definition) is 1. The second-order valence-electron chi connectivity index (χ2n) is 8.76. The number of nitrogens with one attached hydrogen (secondary N) is 1. The monoisotopic (exact) mass is 370 g/mol. The Kier molecular flexibility index (Phi) is 4.62. The molecular weight excluding hydrogens is 346 g/mol. The lowest BCUT2D eigenvalue weighted by molar-refractivity contribution is 0.548. The first-order valence-electron chi connectivity index (χ1n) is 8.86. The first kappa shape index (κ1) is 19.1. The molecule has 0 radical (unpaired) electrons. The predicted octanol–water partition coefficient (Wildman–Crippen LogP) is 5.41. The number of halogens is 2. The number of aromatic amines is 1. The topological polar surface area (TPSA) is 54.5 Å². The highest BCUT2D eigenvalue weighted by Gasteiger charge is 2.22. The van der Waals surface area contributed by atoms with E-state index in [1.165, 1.54) is 12.1 Å². The first-order chi connectivity index (χ1) is 12.4. The summed E-state index contributed by atoms with van der Waals surface area (Å²) in [5.41, 5.74) is 1.82. The standard InChI is InChI=1S/C21H24F2N4/c1-20(2,3)12-9-16(14-8-7-13(22)11-15(14)23)24-17(10-12)18-25-19(27-26-18)21(4,5)6/h7-11H,1-6H3,(H,25,26,27). The van der Waals surface area contributed by atoms with Crippen molar-refractivity contribution in [2.45, 2.75) is 52.4 Å². The van der Waals surface area contributed by atoms with Crippen LogP contribution in [0.25, 0.3) is 22.8 Å². The molecule has 0 fully saturated rings. The normalized spacial score (nSPS) is 12.4. The van der Waals surface area contributed by atoms with Crippen molar-refractivity contribution in [1.82, 2.24) is 20.2 Å². The lowest BCUT2D eigenvalue weighted by Gasteiger charge is -2.20. The molecule has 0 spiro atoms. The summed E-state index contributed by atoms with van der Waals surface area (Å²) in [4.78, 5) is 9.13. The fourth-order valence-corrected chi connectivity index (χ4v) is 2.63. The summed E-state index contributed by atoms with van der Waals surface area (Å²) < 4.78 is 27.6. The van der Waals surface area contributed by atoms with E-state index in [9.17, 15) is 8.78 Å². The fourth-order valence-electron chi connectivity index (χ4n) is 2.63. The van der Waals surface area contributed by atoms with E-state index in [0.29, 0.717) is 17.2 Å². The number of aromatic nitrogens is 4. The van der Waals surface area contributed by atoms with Gasteiger partial charge in [0.2, 0.25) is 0 Å². The largest absolute Gasteiger partial charge is 0.262 e. The van der Waals surface area contributed by atoms with E-state index < -0.39 is 11.6 Å². The Balaban J connectivity index is 2.19. The van der Waals surface area contributed by atoms with Crippen LogP contribution in [-0.4, -0.2) is 20.2 Å².